The number of nitrogens with one attached hydrogen (secondary N) is 1. The standard InChI is InChI=1S/C14H13N3O5S/c18-10-8-11(19)17(13(21)22)14(12(10)20,16-7-6-15-23-16)9-4-2-1-3-5-9/h1-5,15H,6-8H2,(H,21,22). The summed E-state index contributed by atoms with van der Waals surface area (Å²) < 4.78 is 4.36. The topological polar surface area (TPSA) is 107 Å². The fourth-order valence-electron chi connectivity index (χ4n) is 2.86. The lowest BCUT2D eigenvalue weighted by Gasteiger charge is -2.46. The summed E-state index contributed by atoms with van der Waals surface area (Å²) in [5, 5.41) is 9.56. The number of benzene rings is 1. The molecule has 2 aliphatic rings. The SMILES string of the molecule is O=C1CC(=O)N(C(=O)O)C(c2ccccc2)(N2CCNS2)C1=O. The molecule has 0 spiro atoms. The van der Waals surface area contributed by atoms with Crippen LogP contribution in [0.3, 0.4) is 0 Å². The minimum Gasteiger partial charge on any atom is -0.465 e. The van der Waals surface area contributed by atoms with Crippen LogP contribution in [0.25, 0.3) is 0 Å². The zero-order valence-corrected chi connectivity index (χ0v) is 12.7. The first-order chi connectivity index (χ1) is 11.0. The lowest BCUT2D eigenvalue weighted by atomic mass is 9.85. The van der Waals surface area contributed by atoms with E-state index < -0.39 is 35.7 Å². The Morgan fingerprint density at radius 3 is 2.48 bits per heavy atom. The summed E-state index contributed by atoms with van der Waals surface area (Å²) >= 11 is 1.02. The van der Waals surface area contributed by atoms with E-state index in [4.69, 9.17) is 0 Å². The summed E-state index contributed by atoms with van der Waals surface area (Å²) in [4.78, 5) is 49.4. The lowest BCUT2D eigenvalue weighted by molar-refractivity contribution is -0.163. The number of piperidine rings is 1. The van der Waals surface area contributed by atoms with Crippen LogP contribution in [0, 0.1) is 0 Å². The number of carboxylic acid groups (broad SMARTS) is 1. The van der Waals surface area contributed by atoms with Gasteiger partial charge in [-0.05, 0) is 0 Å². The van der Waals surface area contributed by atoms with Crippen LogP contribution in [0.5, 0.6) is 0 Å². The number of imide groups is 1. The first kappa shape index (κ1) is 15.7. The Balaban J connectivity index is 2.29. The fourth-order valence-corrected chi connectivity index (χ4v) is 3.79. The smallest absolute Gasteiger partial charge is 0.416 e. The van der Waals surface area contributed by atoms with Gasteiger partial charge in [0.05, 0.1) is 6.42 Å². The summed E-state index contributed by atoms with van der Waals surface area (Å²) in [7, 11) is 0. The van der Waals surface area contributed by atoms with Crippen LogP contribution in [0.4, 0.5) is 4.79 Å². The van der Waals surface area contributed by atoms with E-state index in [1.54, 1.807) is 30.3 Å². The van der Waals surface area contributed by atoms with Crippen LogP contribution in [-0.2, 0) is 20.0 Å². The number of hydrogen-bond acceptors (Lipinski definition) is 7. The highest BCUT2D eigenvalue weighted by Gasteiger charge is 2.61. The molecule has 2 saturated heterocycles. The van der Waals surface area contributed by atoms with Gasteiger partial charge in [0.15, 0.2) is 0 Å². The van der Waals surface area contributed by atoms with Gasteiger partial charge in [0.2, 0.25) is 23.1 Å². The van der Waals surface area contributed by atoms with E-state index in [1.807, 2.05) is 0 Å². The molecule has 120 valence electrons. The van der Waals surface area contributed by atoms with Crippen molar-refractivity contribution in [3.8, 4) is 0 Å². The van der Waals surface area contributed by atoms with Crippen LogP contribution in [0.1, 0.15) is 12.0 Å². The number of Topliss-reactive ketones (excluding diaryl/α,β-unsaturated/α-hetero) is 2. The Bertz CT molecular complexity index is 689. The number of nitrogens with zero attached hydrogens (tertiary/aromatic N) is 2. The fraction of sp³-hybridized carbons (Fsp3) is 0.286. The Hall–Kier alpha value is -2.23. The van der Waals surface area contributed by atoms with Crippen LogP contribution >= 0.6 is 12.1 Å². The molecule has 0 radical (unpaired) electrons. The molecule has 8 nitrogen and oxygen atoms in total. The van der Waals surface area contributed by atoms with Gasteiger partial charge >= 0.3 is 6.09 Å². The van der Waals surface area contributed by atoms with Crippen molar-refractivity contribution >= 4 is 35.7 Å². The number of amides is 2. The van der Waals surface area contributed by atoms with Gasteiger partial charge in [0.1, 0.15) is 0 Å². The second-order valence-corrected chi connectivity index (χ2v) is 5.98. The van der Waals surface area contributed by atoms with Gasteiger partial charge in [0.25, 0.3) is 0 Å². The van der Waals surface area contributed by atoms with Gasteiger partial charge in [-0.3, -0.25) is 14.4 Å². The van der Waals surface area contributed by atoms with Crippen molar-refractivity contribution in [3.63, 3.8) is 0 Å². The van der Waals surface area contributed by atoms with Crippen molar-refractivity contribution in [1.29, 1.82) is 0 Å². The molecule has 1 atom stereocenters. The first-order valence-electron chi connectivity index (χ1n) is 6.86. The minimum absolute atomic E-state index is 0.269. The third-order valence-electron chi connectivity index (χ3n) is 3.77. The van der Waals surface area contributed by atoms with Gasteiger partial charge in [-0.2, -0.15) is 4.31 Å². The number of carbonyl (C=O) groups is 4. The monoisotopic (exact) mass is 335 g/mol. The average Bonchev–Trinajstić information content (AvgIpc) is 3.05. The van der Waals surface area contributed by atoms with Crippen LogP contribution in [-0.4, -0.2) is 51.0 Å². The first-order valence-corrected chi connectivity index (χ1v) is 7.63. The Morgan fingerprint density at radius 2 is 1.91 bits per heavy atom. The molecule has 0 bridgehead atoms. The van der Waals surface area contributed by atoms with Crippen LogP contribution in [0.15, 0.2) is 30.3 Å². The zero-order valence-electron chi connectivity index (χ0n) is 11.9. The Kier molecular flexibility index (Phi) is 3.92. The van der Waals surface area contributed by atoms with Crippen molar-refractivity contribution in [2.45, 2.75) is 12.1 Å². The maximum atomic E-state index is 12.8. The lowest BCUT2D eigenvalue weighted by Crippen LogP contribution is -2.68. The highest BCUT2D eigenvalue weighted by molar-refractivity contribution is 7.95. The minimum atomic E-state index is -1.98. The predicted molar refractivity (Wildman–Crippen MR) is 79.9 cm³/mol. The Labute approximate surface area is 135 Å². The van der Waals surface area contributed by atoms with E-state index >= 15 is 0 Å². The molecule has 0 aromatic heterocycles. The molecule has 3 rings (SSSR count). The predicted octanol–water partition coefficient (Wildman–Crippen LogP) is 0.356. The highest BCUT2D eigenvalue weighted by atomic mass is 32.2. The molecular weight excluding hydrogens is 322 g/mol. The molecule has 9 heteroatoms. The van der Waals surface area contributed by atoms with E-state index in [1.165, 1.54) is 4.31 Å². The maximum Gasteiger partial charge on any atom is 0.416 e. The van der Waals surface area contributed by atoms with Gasteiger partial charge in [-0.1, -0.05) is 30.3 Å². The summed E-state index contributed by atoms with van der Waals surface area (Å²) in [6.45, 7) is 0.790. The summed E-state index contributed by atoms with van der Waals surface area (Å²) in [5.41, 5.74) is -1.71. The van der Waals surface area contributed by atoms with Crippen molar-refractivity contribution in [1.82, 2.24) is 13.9 Å². The van der Waals surface area contributed by atoms with Crippen molar-refractivity contribution in [3.05, 3.63) is 35.9 Å². The summed E-state index contributed by atoms with van der Waals surface area (Å²) in [6.07, 6.45) is -2.29. The number of carbonyl (C=O) groups excluding carboxylic acids is 3. The molecule has 0 aliphatic carbocycles. The van der Waals surface area contributed by atoms with Crippen LogP contribution < -0.4 is 4.72 Å². The molecule has 2 amide bonds. The van der Waals surface area contributed by atoms with Gasteiger partial charge in [0, 0.05) is 30.8 Å². The number of likely N-dealkylation sites (tertiary alicyclic amines) is 1. The second-order valence-electron chi connectivity index (χ2n) is 5.07. The molecule has 23 heavy (non-hydrogen) atoms. The maximum absolute atomic E-state index is 12.8. The number of ketones is 2. The molecular formula is C14H13N3O5S. The molecule has 2 heterocycles. The van der Waals surface area contributed by atoms with E-state index in [9.17, 15) is 24.3 Å². The van der Waals surface area contributed by atoms with Crippen LogP contribution in [0.2, 0.25) is 0 Å². The third-order valence-corrected chi connectivity index (χ3v) is 4.78. The van der Waals surface area contributed by atoms with Crippen molar-refractivity contribution in [2.24, 2.45) is 0 Å². The normalized spacial score (nSPS) is 25.9. The molecule has 0 saturated carbocycles. The number of hydrogen-bond donors (Lipinski definition) is 2. The molecule has 2 N–H and O–H groups in total. The number of rotatable bonds is 2. The average molecular weight is 335 g/mol. The second kappa shape index (κ2) is 5.76. The van der Waals surface area contributed by atoms with E-state index in [0.717, 1.165) is 12.1 Å². The molecule has 1 aromatic rings. The molecule has 2 fully saturated rings. The van der Waals surface area contributed by atoms with Gasteiger partial charge in [-0.15, -0.1) is 0 Å². The third kappa shape index (κ3) is 2.24. The van der Waals surface area contributed by atoms with Gasteiger partial charge in [-0.25, -0.2) is 14.4 Å². The largest absolute Gasteiger partial charge is 0.465 e. The molecule has 1 aromatic carbocycles. The van der Waals surface area contributed by atoms with E-state index in [-0.39, 0.29) is 5.56 Å². The summed E-state index contributed by atoms with van der Waals surface area (Å²) in [6, 6.07) is 8.04. The quantitative estimate of drug-likeness (QED) is 0.453. The van der Waals surface area contributed by atoms with E-state index in [0.29, 0.717) is 18.0 Å². The highest BCUT2D eigenvalue weighted by Crippen LogP contribution is 2.42. The van der Waals surface area contributed by atoms with Crippen molar-refractivity contribution < 1.29 is 24.3 Å². The van der Waals surface area contributed by atoms with Crippen molar-refractivity contribution in [2.75, 3.05) is 13.1 Å². The molecule has 2 aliphatic heterocycles. The van der Waals surface area contributed by atoms with E-state index in [2.05, 4.69) is 4.72 Å². The zero-order chi connectivity index (χ0) is 16.6. The summed E-state index contributed by atoms with van der Waals surface area (Å²) in [5.74, 6) is -2.70. The van der Waals surface area contributed by atoms with Gasteiger partial charge < -0.3 is 5.11 Å². The molecule has 1 unspecified atom stereocenters. The Morgan fingerprint density at radius 1 is 1.22 bits per heavy atom.